The number of ether oxygens (including phenoxy) is 1. The Morgan fingerprint density at radius 3 is 3.06 bits per heavy atom. The molecule has 0 amide bonds. The van der Waals surface area contributed by atoms with Gasteiger partial charge in [0.2, 0.25) is 0 Å². The van der Waals surface area contributed by atoms with Crippen LogP contribution in [-0.4, -0.2) is 11.3 Å². The van der Waals surface area contributed by atoms with Crippen LogP contribution in [0.2, 0.25) is 5.02 Å². The van der Waals surface area contributed by atoms with Crippen LogP contribution >= 0.6 is 22.9 Å². The minimum absolute atomic E-state index is 0.370. The Hall–Kier alpha value is -1.39. The van der Waals surface area contributed by atoms with E-state index in [0.29, 0.717) is 22.9 Å². The van der Waals surface area contributed by atoms with Gasteiger partial charge in [-0.05, 0) is 12.1 Å². The van der Waals surface area contributed by atoms with Gasteiger partial charge in [0.25, 0.3) is 0 Å². The molecule has 0 fully saturated rings. The molecule has 2 aromatic rings. The van der Waals surface area contributed by atoms with Crippen LogP contribution in [0.15, 0.2) is 29.9 Å². The van der Waals surface area contributed by atoms with E-state index in [4.69, 9.17) is 16.3 Å². The van der Waals surface area contributed by atoms with E-state index in [1.165, 1.54) is 11.3 Å². The van der Waals surface area contributed by atoms with Gasteiger partial charge < -0.3 is 4.74 Å². The van der Waals surface area contributed by atoms with Gasteiger partial charge in [-0.25, -0.2) is 0 Å². The smallest absolute Gasteiger partial charge is 0.153 e. The number of hydrogen-bond donors (Lipinski definition) is 0. The van der Waals surface area contributed by atoms with E-state index in [1.54, 1.807) is 29.9 Å². The lowest BCUT2D eigenvalue weighted by molar-refractivity contribution is 0.111. The fourth-order valence-corrected chi connectivity index (χ4v) is 1.97. The maximum atomic E-state index is 10.8. The van der Waals surface area contributed by atoms with Crippen molar-refractivity contribution in [3.05, 3.63) is 45.4 Å². The summed E-state index contributed by atoms with van der Waals surface area (Å²) < 4.78 is 5.51. The van der Waals surface area contributed by atoms with E-state index in [9.17, 15) is 4.79 Å². The second-order valence-electron chi connectivity index (χ2n) is 3.03. The van der Waals surface area contributed by atoms with Crippen LogP contribution in [0.3, 0.4) is 0 Å². The first kappa shape index (κ1) is 11.1. The predicted molar refractivity (Wildman–Crippen MR) is 63.3 cm³/mol. The van der Waals surface area contributed by atoms with Crippen molar-refractivity contribution >= 4 is 29.2 Å². The number of rotatable bonds is 4. The zero-order chi connectivity index (χ0) is 11.4. The van der Waals surface area contributed by atoms with E-state index in [2.05, 4.69) is 4.98 Å². The lowest BCUT2D eigenvalue weighted by Gasteiger charge is -2.08. The average molecular weight is 254 g/mol. The standard InChI is InChI=1S/C11H8ClNO2S/c12-10-3-1-2-8(5-14)11(10)15-6-9-4-13-7-16-9/h1-5,7H,6H2. The number of carbonyl (C=O) groups is 1. The molecule has 0 bridgehead atoms. The highest BCUT2D eigenvalue weighted by Gasteiger charge is 2.08. The second kappa shape index (κ2) is 5.09. The first-order valence-corrected chi connectivity index (χ1v) is 5.81. The molecule has 0 aliphatic heterocycles. The Morgan fingerprint density at radius 1 is 1.50 bits per heavy atom. The molecule has 1 aromatic heterocycles. The summed E-state index contributed by atoms with van der Waals surface area (Å²) in [6.45, 7) is 0.370. The maximum absolute atomic E-state index is 10.8. The molecule has 0 N–H and O–H groups in total. The van der Waals surface area contributed by atoms with E-state index >= 15 is 0 Å². The number of nitrogens with zero attached hydrogens (tertiary/aromatic N) is 1. The zero-order valence-corrected chi connectivity index (χ0v) is 9.79. The summed E-state index contributed by atoms with van der Waals surface area (Å²) in [6, 6.07) is 5.07. The number of benzene rings is 1. The molecular weight excluding hydrogens is 246 g/mol. The number of aldehydes is 1. The maximum Gasteiger partial charge on any atom is 0.153 e. The molecule has 1 heterocycles. The molecule has 0 aliphatic rings. The highest BCUT2D eigenvalue weighted by Crippen LogP contribution is 2.28. The van der Waals surface area contributed by atoms with Crippen molar-refractivity contribution in [2.75, 3.05) is 0 Å². The highest BCUT2D eigenvalue weighted by atomic mass is 35.5. The van der Waals surface area contributed by atoms with E-state index in [1.807, 2.05) is 0 Å². The highest BCUT2D eigenvalue weighted by molar-refractivity contribution is 7.09. The van der Waals surface area contributed by atoms with Crippen molar-refractivity contribution in [3.63, 3.8) is 0 Å². The van der Waals surface area contributed by atoms with Crippen LogP contribution in [0.4, 0.5) is 0 Å². The third kappa shape index (κ3) is 2.40. The van der Waals surface area contributed by atoms with Gasteiger partial charge >= 0.3 is 0 Å². The van der Waals surface area contributed by atoms with Crippen molar-refractivity contribution in [1.82, 2.24) is 4.98 Å². The molecule has 0 saturated heterocycles. The Balaban J connectivity index is 2.17. The molecule has 16 heavy (non-hydrogen) atoms. The summed E-state index contributed by atoms with van der Waals surface area (Å²) in [5, 5.41) is 0.439. The molecule has 2 rings (SSSR count). The topological polar surface area (TPSA) is 39.2 Å². The van der Waals surface area contributed by atoms with Crippen molar-refractivity contribution in [2.24, 2.45) is 0 Å². The van der Waals surface area contributed by atoms with Gasteiger partial charge in [-0.2, -0.15) is 0 Å². The molecule has 0 atom stereocenters. The summed E-state index contributed by atoms with van der Waals surface area (Å²) in [5.74, 6) is 0.424. The molecule has 0 aliphatic carbocycles. The van der Waals surface area contributed by atoms with Crippen LogP contribution in [0, 0.1) is 0 Å². The van der Waals surface area contributed by atoms with Crippen LogP contribution < -0.4 is 4.74 Å². The monoisotopic (exact) mass is 253 g/mol. The fourth-order valence-electron chi connectivity index (χ4n) is 1.23. The number of hydrogen-bond acceptors (Lipinski definition) is 4. The Kier molecular flexibility index (Phi) is 3.54. The van der Waals surface area contributed by atoms with E-state index < -0.39 is 0 Å². The van der Waals surface area contributed by atoms with Gasteiger partial charge in [0.05, 0.1) is 21.0 Å². The molecule has 0 unspecified atom stereocenters. The molecule has 0 spiro atoms. The molecule has 5 heteroatoms. The predicted octanol–water partition coefficient (Wildman–Crippen LogP) is 3.19. The Morgan fingerprint density at radius 2 is 2.38 bits per heavy atom. The Labute approximate surface area is 102 Å². The molecule has 0 saturated carbocycles. The van der Waals surface area contributed by atoms with Gasteiger partial charge in [0.15, 0.2) is 6.29 Å². The number of halogens is 1. The molecular formula is C11H8ClNO2S. The van der Waals surface area contributed by atoms with Crippen molar-refractivity contribution in [3.8, 4) is 5.75 Å². The third-order valence-electron chi connectivity index (χ3n) is 1.97. The van der Waals surface area contributed by atoms with Crippen molar-refractivity contribution in [1.29, 1.82) is 0 Å². The Bertz CT molecular complexity index is 485. The SMILES string of the molecule is O=Cc1cccc(Cl)c1OCc1cncs1. The summed E-state index contributed by atoms with van der Waals surface area (Å²) in [7, 11) is 0. The van der Waals surface area contributed by atoms with Crippen molar-refractivity contribution < 1.29 is 9.53 Å². The van der Waals surface area contributed by atoms with Crippen LogP contribution in [0.5, 0.6) is 5.75 Å². The molecule has 0 radical (unpaired) electrons. The first-order chi connectivity index (χ1) is 7.81. The van der Waals surface area contributed by atoms with Crippen molar-refractivity contribution in [2.45, 2.75) is 6.61 Å². The van der Waals surface area contributed by atoms with Crippen LogP contribution in [0.25, 0.3) is 0 Å². The number of para-hydroxylation sites is 1. The van der Waals surface area contributed by atoms with Gasteiger partial charge in [0.1, 0.15) is 12.4 Å². The number of aromatic nitrogens is 1. The molecule has 1 aromatic carbocycles. The van der Waals surface area contributed by atoms with E-state index in [-0.39, 0.29) is 0 Å². The lowest BCUT2D eigenvalue weighted by atomic mass is 10.2. The second-order valence-corrected chi connectivity index (χ2v) is 4.41. The van der Waals surface area contributed by atoms with Crippen LogP contribution in [-0.2, 0) is 6.61 Å². The minimum Gasteiger partial charge on any atom is -0.486 e. The quantitative estimate of drug-likeness (QED) is 0.786. The van der Waals surface area contributed by atoms with Gasteiger partial charge in [-0.3, -0.25) is 9.78 Å². The zero-order valence-electron chi connectivity index (χ0n) is 8.22. The van der Waals surface area contributed by atoms with E-state index in [0.717, 1.165) is 11.2 Å². The van der Waals surface area contributed by atoms with Gasteiger partial charge in [0, 0.05) is 6.20 Å². The average Bonchev–Trinajstić information content (AvgIpc) is 2.80. The summed E-state index contributed by atoms with van der Waals surface area (Å²) in [4.78, 5) is 15.7. The number of thiazole rings is 1. The number of carbonyl (C=O) groups excluding carboxylic acids is 1. The van der Waals surface area contributed by atoms with Gasteiger partial charge in [-0.1, -0.05) is 17.7 Å². The van der Waals surface area contributed by atoms with Gasteiger partial charge in [-0.15, -0.1) is 11.3 Å². The first-order valence-electron chi connectivity index (χ1n) is 4.55. The molecule has 82 valence electrons. The van der Waals surface area contributed by atoms with Crippen LogP contribution in [0.1, 0.15) is 15.2 Å². The minimum atomic E-state index is 0.370. The fraction of sp³-hybridized carbons (Fsp3) is 0.0909. The normalized spacial score (nSPS) is 10.1. The summed E-state index contributed by atoms with van der Waals surface area (Å²) >= 11 is 7.45. The lowest BCUT2D eigenvalue weighted by Crippen LogP contribution is -1.97. The largest absolute Gasteiger partial charge is 0.486 e. The summed E-state index contributed by atoms with van der Waals surface area (Å²) in [6.07, 6.45) is 2.45. The molecule has 3 nitrogen and oxygen atoms in total. The summed E-state index contributed by atoms with van der Waals surface area (Å²) in [5.41, 5.74) is 2.18. The third-order valence-corrected chi connectivity index (χ3v) is 3.02.